The second-order valence-electron chi connectivity index (χ2n) is 6.97. The van der Waals surface area contributed by atoms with E-state index in [9.17, 15) is 9.90 Å². The van der Waals surface area contributed by atoms with E-state index in [2.05, 4.69) is 26.2 Å². The maximum Gasteiger partial charge on any atom is 0.221 e. The zero-order chi connectivity index (χ0) is 20.6. The number of aromatic nitrogens is 1. The molecule has 8 heteroatoms. The lowest BCUT2D eigenvalue weighted by Gasteiger charge is -2.36. The summed E-state index contributed by atoms with van der Waals surface area (Å²) in [6.45, 7) is 5.39. The van der Waals surface area contributed by atoms with E-state index in [1.54, 1.807) is 42.6 Å². The van der Waals surface area contributed by atoms with Gasteiger partial charge >= 0.3 is 0 Å². The van der Waals surface area contributed by atoms with Crippen LogP contribution in [0.25, 0.3) is 0 Å². The number of ether oxygens (including phenoxy) is 1. The van der Waals surface area contributed by atoms with Gasteiger partial charge in [0.15, 0.2) is 0 Å². The Balaban J connectivity index is 1.41. The number of piperazine rings is 1. The van der Waals surface area contributed by atoms with Crippen molar-refractivity contribution >= 4 is 17.4 Å². The number of benzene rings is 1. The molecule has 0 saturated carbocycles. The number of carbonyl (C=O) groups excluding carboxylic acids is 1. The van der Waals surface area contributed by atoms with Crippen LogP contribution in [-0.2, 0) is 4.79 Å². The Hall–Kier alpha value is -3.15. The molecule has 1 fully saturated rings. The minimum absolute atomic E-state index is 0.122. The Morgan fingerprint density at radius 3 is 2.66 bits per heavy atom. The van der Waals surface area contributed by atoms with E-state index in [1.807, 2.05) is 0 Å². The van der Waals surface area contributed by atoms with Crippen LogP contribution in [-0.4, -0.2) is 66.3 Å². The summed E-state index contributed by atoms with van der Waals surface area (Å²) in [5.74, 6) is 1.34. The molecule has 2 aromatic rings. The molecule has 1 aliphatic rings. The largest absolute Gasteiger partial charge is 0.491 e. The normalized spacial score (nSPS) is 15.4. The van der Waals surface area contributed by atoms with Crippen molar-refractivity contribution in [2.24, 2.45) is 0 Å². The Kier molecular flexibility index (Phi) is 7.00. The van der Waals surface area contributed by atoms with Crippen LogP contribution in [0.15, 0.2) is 42.6 Å². The average Bonchev–Trinajstić information content (AvgIpc) is 2.73. The van der Waals surface area contributed by atoms with Crippen molar-refractivity contribution in [1.29, 1.82) is 5.26 Å². The van der Waals surface area contributed by atoms with Crippen molar-refractivity contribution in [3.05, 3.63) is 48.2 Å². The number of aliphatic hydroxyl groups excluding tert-OH is 1. The van der Waals surface area contributed by atoms with Crippen LogP contribution in [0, 0.1) is 11.3 Å². The first kappa shape index (κ1) is 20.6. The second kappa shape index (κ2) is 9.87. The van der Waals surface area contributed by atoms with Gasteiger partial charge in [0.25, 0.3) is 0 Å². The van der Waals surface area contributed by atoms with Crippen LogP contribution in [0.1, 0.15) is 12.5 Å². The number of β-amino-alcohol motifs (C(OH)–C–C–N with tert-alkyl or cyclic N) is 1. The molecular formula is C21H25N5O3. The minimum Gasteiger partial charge on any atom is -0.491 e. The quantitative estimate of drug-likeness (QED) is 0.732. The average molecular weight is 395 g/mol. The molecule has 1 unspecified atom stereocenters. The molecular weight excluding hydrogens is 370 g/mol. The monoisotopic (exact) mass is 395 g/mol. The van der Waals surface area contributed by atoms with Gasteiger partial charge in [-0.2, -0.15) is 5.26 Å². The highest BCUT2D eigenvalue weighted by Gasteiger charge is 2.20. The maximum absolute atomic E-state index is 11.0. The van der Waals surface area contributed by atoms with E-state index < -0.39 is 6.10 Å². The molecule has 1 aliphatic heterocycles. The fraction of sp³-hybridized carbons (Fsp3) is 0.381. The van der Waals surface area contributed by atoms with E-state index in [4.69, 9.17) is 10.00 Å². The van der Waals surface area contributed by atoms with Crippen LogP contribution < -0.4 is 15.0 Å². The van der Waals surface area contributed by atoms with Crippen molar-refractivity contribution in [2.75, 3.05) is 49.5 Å². The van der Waals surface area contributed by atoms with Crippen LogP contribution in [0.3, 0.4) is 0 Å². The fourth-order valence-electron chi connectivity index (χ4n) is 3.20. The molecule has 29 heavy (non-hydrogen) atoms. The van der Waals surface area contributed by atoms with E-state index in [0.717, 1.165) is 32.0 Å². The molecule has 1 aromatic heterocycles. The lowest BCUT2D eigenvalue weighted by molar-refractivity contribution is -0.114. The summed E-state index contributed by atoms with van der Waals surface area (Å²) >= 11 is 0. The Labute approximate surface area is 170 Å². The highest BCUT2D eigenvalue weighted by Crippen LogP contribution is 2.17. The third-order valence-corrected chi connectivity index (χ3v) is 4.66. The third-order valence-electron chi connectivity index (χ3n) is 4.66. The third kappa shape index (κ3) is 6.17. The van der Waals surface area contributed by atoms with Crippen LogP contribution in [0.5, 0.6) is 5.75 Å². The van der Waals surface area contributed by atoms with Gasteiger partial charge in [-0.3, -0.25) is 9.69 Å². The SMILES string of the molecule is CC(=O)Nc1ccc(OCC(O)CN2CCN(c3cc(C#N)ccn3)CC2)cc1. The molecule has 1 atom stereocenters. The molecule has 0 bridgehead atoms. The molecule has 152 valence electrons. The number of nitriles is 1. The maximum atomic E-state index is 11.0. The number of hydrogen-bond donors (Lipinski definition) is 2. The van der Waals surface area contributed by atoms with Gasteiger partial charge in [0.1, 0.15) is 24.3 Å². The number of hydrogen-bond acceptors (Lipinski definition) is 7. The topological polar surface area (TPSA) is 102 Å². The molecule has 8 nitrogen and oxygen atoms in total. The first-order valence-corrected chi connectivity index (χ1v) is 9.55. The van der Waals surface area contributed by atoms with Gasteiger partial charge < -0.3 is 20.1 Å². The first-order chi connectivity index (χ1) is 14.0. The summed E-state index contributed by atoms with van der Waals surface area (Å²) in [6, 6.07) is 12.7. The van der Waals surface area contributed by atoms with E-state index in [1.165, 1.54) is 6.92 Å². The first-order valence-electron chi connectivity index (χ1n) is 9.55. The Morgan fingerprint density at radius 1 is 1.28 bits per heavy atom. The standard InChI is InChI=1S/C21H25N5O3/c1-16(27)24-18-2-4-20(5-3-18)29-15-19(28)14-25-8-10-26(11-9-25)21-12-17(13-22)6-7-23-21/h2-7,12,19,28H,8-11,14-15H2,1H3,(H,24,27). The molecule has 1 amide bonds. The van der Waals surface area contributed by atoms with Crippen molar-refractivity contribution in [3.63, 3.8) is 0 Å². The number of aliphatic hydroxyl groups is 1. The highest BCUT2D eigenvalue weighted by atomic mass is 16.5. The second-order valence-corrected chi connectivity index (χ2v) is 6.97. The zero-order valence-corrected chi connectivity index (χ0v) is 16.4. The van der Waals surface area contributed by atoms with Crippen molar-refractivity contribution in [1.82, 2.24) is 9.88 Å². The lowest BCUT2D eigenvalue weighted by Crippen LogP contribution is -2.49. The number of rotatable bonds is 7. The number of pyridine rings is 1. The van der Waals surface area contributed by atoms with Crippen molar-refractivity contribution in [3.8, 4) is 11.8 Å². The summed E-state index contributed by atoms with van der Waals surface area (Å²) in [6.07, 6.45) is 1.06. The fourth-order valence-corrected chi connectivity index (χ4v) is 3.20. The molecule has 2 N–H and O–H groups in total. The number of amides is 1. The molecule has 0 radical (unpaired) electrons. The minimum atomic E-state index is -0.600. The van der Waals surface area contributed by atoms with Gasteiger partial charge in [0.05, 0.1) is 11.6 Å². The predicted molar refractivity (Wildman–Crippen MR) is 110 cm³/mol. The van der Waals surface area contributed by atoms with Crippen LogP contribution in [0.4, 0.5) is 11.5 Å². The van der Waals surface area contributed by atoms with Crippen molar-refractivity contribution < 1.29 is 14.6 Å². The molecule has 1 aromatic carbocycles. The van der Waals surface area contributed by atoms with Gasteiger partial charge in [-0.05, 0) is 36.4 Å². The zero-order valence-electron chi connectivity index (χ0n) is 16.4. The molecule has 3 rings (SSSR count). The van der Waals surface area contributed by atoms with E-state index in [0.29, 0.717) is 23.5 Å². The molecule has 0 spiro atoms. The summed E-state index contributed by atoms with van der Waals surface area (Å²) in [5, 5.41) is 22.0. The smallest absolute Gasteiger partial charge is 0.221 e. The Bertz CT molecular complexity index is 857. The summed E-state index contributed by atoms with van der Waals surface area (Å²) in [5.41, 5.74) is 1.31. The van der Waals surface area contributed by atoms with Gasteiger partial charge in [-0.1, -0.05) is 0 Å². The van der Waals surface area contributed by atoms with Gasteiger partial charge in [0, 0.05) is 51.5 Å². The van der Waals surface area contributed by atoms with Crippen LogP contribution >= 0.6 is 0 Å². The molecule has 1 saturated heterocycles. The number of nitrogens with one attached hydrogen (secondary N) is 1. The Morgan fingerprint density at radius 2 is 2.00 bits per heavy atom. The predicted octanol–water partition coefficient (Wildman–Crippen LogP) is 1.47. The summed E-state index contributed by atoms with van der Waals surface area (Å²) < 4.78 is 5.64. The molecule has 2 heterocycles. The number of anilines is 2. The summed E-state index contributed by atoms with van der Waals surface area (Å²) in [7, 11) is 0. The molecule has 0 aliphatic carbocycles. The van der Waals surface area contributed by atoms with Crippen LogP contribution in [0.2, 0.25) is 0 Å². The van der Waals surface area contributed by atoms with Gasteiger partial charge in [-0.15, -0.1) is 0 Å². The van der Waals surface area contributed by atoms with E-state index >= 15 is 0 Å². The summed E-state index contributed by atoms with van der Waals surface area (Å²) in [4.78, 5) is 19.7. The van der Waals surface area contributed by atoms with Gasteiger partial charge in [-0.25, -0.2) is 4.98 Å². The van der Waals surface area contributed by atoms with Crippen molar-refractivity contribution in [2.45, 2.75) is 13.0 Å². The number of nitrogens with zero attached hydrogens (tertiary/aromatic N) is 4. The van der Waals surface area contributed by atoms with Gasteiger partial charge in [0.2, 0.25) is 5.91 Å². The number of carbonyl (C=O) groups is 1. The highest BCUT2D eigenvalue weighted by molar-refractivity contribution is 5.88. The lowest BCUT2D eigenvalue weighted by atomic mass is 10.2. The van der Waals surface area contributed by atoms with E-state index in [-0.39, 0.29) is 12.5 Å².